The van der Waals surface area contributed by atoms with Crippen molar-refractivity contribution in [2.75, 3.05) is 19.6 Å². The maximum atomic E-state index is 12.0. The molecule has 0 bridgehead atoms. The Bertz CT molecular complexity index is 907. The number of nitrogens with one attached hydrogen (secondary N) is 1. The summed E-state index contributed by atoms with van der Waals surface area (Å²) in [7, 11) is 0. The summed E-state index contributed by atoms with van der Waals surface area (Å²) >= 11 is 0. The first-order valence-electron chi connectivity index (χ1n) is 9.09. The van der Waals surface area contributed by atoms with Crippen molar-refractivity contribution < 1.29 is 18.9 Å². The number of benzene rings is 1. The maximum Gasteiger partial charge on any atom is 0.287 e. The Kier molecular flexibility index (Phi) is 4.91. The first-order chi connectivity index (χ1) is 13.1. The van der Waals surface area contributed by atoms with Crippen molar-refractivity contribution >= 4 is 16.9 Å². The molecular formula is C19H22N4O4. The lowest BCUT2D eigenvalue weighted by Crippen LogP contribution is -2.43. The van der Waals surface area contributed by atoms with E-state index in [4.69, 9.17) is 9.05 Å². The van der Waals surface area contributed by atoms with Gasteiger partial charge in [-0.05, 0) is 65.9 Å². The predicted molar refractivity (Wildman–Crippen MR) is 96.9 cm³/mol. The highest BCUT2D eigenvalue weighted by Crippen LogP contribution is 2.23. The molecule has 1 aliphatic heterocycles. The lowest BCUT2D eigenvalue weighted by atomic mass is 9.95. The number of carbonyl (C=O) groups excluding carboxylic acids is 1. The Labute approximate surface area is 156 Å². The van der Waals surface area contributed by atoms with Gasteiger partial charge in [0.05, 0.1) is 11.9 Å². The van der Waals surface area contributed by atoms with Crippen molar-refractivity contribution in [1.29, 1.82) is 0 Å². The number of aromatic nitrogens is 2. The average molecular weight is 370 g/mol. The van der Waals surface area contributed by atoms with Crippen LogP contribution in [0.2, 0.25) is 0 Å². The first-order valence-corrected chi connectivity index (χ1v) is 9.09. The standard InChI is InChI=1S/C19H22N4O4/c24-18(17-3-1-10-26-17)20-13-19(25)6-2-8-23(9-7-19)12-14-4-5-15-16(11-14)22-27-21-15/h1,3-5,10-11,25H,2,6-9,12-13H2,(H,20,24)/t19-/m0/s1. The molecule has 1 saturated heterocycles. The van der Waals surface area contributed by atoms with Gasteiger partial charge in [0.15, 0.2) is 5.76 Å². The van der Waals surface area contributed by atoms with Crippen molar-refractivity contribution in [3.05, 3.63) is 47.9 Å². The van der Waals surface area contributed by atoms with Crippen LogP contribution in [0.25, 0.3) is 11.0 Å². The molecule has 0 spiro atoms. The lowest BCUT2D eigenvalue weighted by molar-refractivity contribution is 0.0245. The summed E-state index contributed by atoms with van der Waals surface area (Å²) in [6.07, 6.45) is 3.56. The minimum atomic E-state index is -0.906. The Hall–Kier alpha value is -2.71. The van der Waals surface area contributed by atoms with Gasteiger partial charge in [-0.25, -0.2) is 4.63 Å². The Morgan fingerprint density at radius 3 is 2.96 bits per heavy atom. The van der Waals surface area contributed by atoms with Crippen LogP contribution in [0, 0.1) is 0 Å². The van der Waals surface area contributed by atoms with Crippen LogP contribution >= 0.6 is 0 Å². The highest BCUT2D eigenvalue weighted by Gasteiger charge is 2.31. The minimum absolute atomic E-state index is 0.219. The molecule has 1 aliphatic rings. The molecule has 3 aromatic rings. The van der Waals surface area contributed by atoms with Crippen LogP contribution in [0.1, 0.15) is 35.4 Å². The fourth-order valence-corrected chi connectivity index (χ4v) is 3.49. The minimum Gasteiger partial charge on any atom is -0.459 e. The number of amides is 1. The SMILES string of the molecule is O=C(NC[C@]1(O)CCCN(Cc2ccc3nonc3c2)CC1)c1ccco1. The molecule has 3 heterocycles. The van der Waals surface area contributed by atoms with Crippen LogP contribution in [-0.4, -0.2) is 51.5 Å². The van der Waals surface area contributed by atoms with E-state index in [1.807, 2.05) is 18.2 Å². The molecule has 27 heavy (non-hydrogen) atoms. The summed E-state index contributed by atoms with van der Waals surface area (Å²) in [6, 6.07) is 9.17. The third-order valence-electron chi connectivity index (χ3n) is 5.06. The zero-order valence-electron chi connectivity index (χ0n) is 14.9. The number of hydrogen-bond acceptors (Lipinski definition) is 7. The summed E-state index contributed by atoms with van der Waals surface area (Å²) in [4.78, 5) is 14.3. The summed E-state index contributed by atoms with van der Waals surface area (Å²) in [5.41, 5.74) is 1.72. The molecule has 1 aromatic carbocycles. The van der Waals surface area contributed by atoms with Gasteiger partial charge >= 0.3 is 0 Å². The maximum absolute atomic E-state index is 12.0. The molecule has 0 radical (unpaired) electrons. The molecule has 1 atom stereocenters. The quantitative estimate of drug-likeness (QED) is 0.707. The monoisotopic (exact) mass is 370 g/mol. The van der Waals surface area contributed by atoms with Crippen LogP contribution in [0.3, 0.4) is 0 Å². The van der Waals surface area contributed by atoms with E-state index in [-0.39, 0.29) is 18.2 Å². The summed E-state index contributed by atoms with van der Waals surface area (Å²) in [5, 5.41) is 21.4. The third-order valence-corrected chi connectivity index (χ3v) is 5.06. The molecule has 8 heteroatoms. The van der Waals surface area contributed by atoms with E-state index in [0.29, 0.717) is 12.8 Å². The number of aliphatic hydroxyl groups is 1. The van der Waals surface area contributed by atoms with E-state index in [0.717, 1.165) is 42.7 Å². The van der Waals surface area contributed by atoms with Crippen molar-refractivity contribution in [1.82, 2.24) is 20.5 Å². The summed E-state index contributed by atoms with van der Waals surface area (Å²) in [6.45, 7) is 2.64. The third kappa shape index (κ3) is 4.17. The zero-order valence-corrected chi connectivity index (χ0v) is 14.9. The van der Waals surface area contributed by atoms with E-state index in [9.17, 15) is 9.90 Å². The first kappa shape index (κ1) is 17.7. The molecule has 0 aliphatic carbocycles. The Balaban J connectivity index is 1.33. The van der Waals surface area contributed by atoms with Gasteiger partial charge in [0.25, 0.3) is 5.91 Å². The zero-order chi connectivity index (χ0) is 18.7. The molecule has 2 N–H and O–H groups in total. The van der Waals surface area contributed by atoms with Gasteiger partial charge < -0.3 is 14.8 Å². The predicted octanol–water partition coefficient (Wildman–Crippen LogP) is 1.96. The van der Waals surface area contributed by atoms with E-state index in [1.54, 1.807) is 12.1 Å². The Morgan fingerprint density at radius 2 is 2.11 bits per heavy atom. The smallest absolute Gasteiger partial charge is 0.287 e. The van der Waals surface area contributed by atoms with Crippen molar-refractivity contribution in [2.45, 2.75) is 31.4 Å². The number of nitrogens with zero attached hydrogens (tertiary/aromatic N) is 3. The van der Waals surface area contributed by atoms with Crippen LogP contribution in [0.5, 0.6) is 0 Å². The van der Waals surface area contributed by atoms with Crippen LogP contribution in [0.4, 0.5) is 0 Å². The van der Waals surface area contributed by atoms with Crippen molar-refractivity contribution in [3.8, 4) is 0 Å². The van der Waals surface area contributed by atoms with E-state index >= 15 is 0 Å². The molecular weight excluding hydrogens is 348 g/mol. The second kappa shape index (κ2) is 7.50. The van der Waals surface area contributed by atoms with Gasteiger partial charge in [0.2, 0.25) is 0 Å². The molecule has 4 rings (SSSR count). The number of carbonyl (C=O) groups is 1. The molecule has 8 nitrogen and oxygen atoms in total. The number of likely N-dealkylation sites (tertiary alicyclic amines) is 1. The van der Waals surface area contributed by atoms with Gasteiger partial charge in [0.1, 0.15) is 11.0 Å². The normalized spacial score (nSPS) is 21.2. The average Bonchev–Trinajstić information content (AvgIpc) is 3.32. The fourth-order valence-electron chi connectivity index (χ4n) is 3.49. The van der Waals surface area contributed by atoms with Gasteiger partial charge in [-0.3, -0.25) is 9.69 Å². The number of hydrogen-bond donors (Lipinski definition) is 2. The molecule has 142 valence electrons. The van der Waals surface area contributed by atoms with Gasteiger partial charge in [-0.2, -0.15) is 0 Å². The summed E-state index contributed by atoms with van der Waals surface area (Å²) < 4.78 is 9.83. The number of rotatable bonds is 5. The van der Waals surface area contributed by atoms with Gasteiger partial charge in [-0.15, -0.1) is 0 Å². The van der Waals surface area contributed by atoms with Crippen molar-refractivity contribution in [2.24, 2.45) is 0 Å². The molecule has 0 saturated carbocycles. The molecule has 0 unspecified atom stereocenters. The highest BCUT2D eigenvalue weighted by atomic mass is 16.6. The second-order valence-electron chi connectivity index (χ2n) is 7.10. The molecule has 1 fully saturated rings. The highest BCUT2D eigenvalue weighted by molar-refractivity contribution is 5.91. The van der Waals surface area contributed by atoms with E-state index in [1.165, 1.54) is 6.26 Å². The summed E-state index contributed by atoms with van der Waals surface area (Å²) in [5.74, 6) is -0.0457. The van der Waals surface area contributed by atoms with Gasteiger partial charge in [-0.1, -0.05) is 6.07 Å². The second-order valence-corrected chi connectivity index (χ2v) is 7.10. The fraction of sp³-hybridized carbons (Fsp3) is 0.421. The number of fused-ring (bicyclic) bond motifs is 1. The van der Waals surface area contributed by atoms with Crippen LogP contribution in [-0.2, 0) is 6.54 Å². The largest absolute Gasteiger partial charge is 0.459 e. The van der Waals surface area contributed by atoms with Gasteiger partial charge in [0, 0.05) is 19.6 Å². The topological polar surface area (TPSA) is 105 Å². The lowest BCUT2D eigenvalue weighted by Gasteiger charge is -2.27. The van der Waals surface area contributed by atoms with Crippen LogP contribution < -0.4 is 5.32 Å². The molecule has 2 aromatic heterocycles. The molecule has 1 amide bonds. The van der Waals surface area contributed by atoms with Crippen molar-refractivity contribution in [3.63, 3.8) is 0 Å². The number of furan rings is 1. The van der Waals surface area contributed by atoms with E-state index < -0.39 is 5.60 Å². The van der Waals surface area contributed by atoms with E-state index in [2.05, 4.69) is 20.5 Å². The van der Waals surface area contributed by atoms with Crippen LogP contribution in [0.15, 0.2) is 45.6 Å². The Morgan fingerprint density at radius 1 is 1.22 bits per heavy atom.